The Balaban J connectivity index is 2.04. The molecular weight excluding hydrogens is 212 g/mol. The molecule has 0 aromatic heterocycles. The molecule has 17 heavy (non-hydrogen) atoms. The highest BCUT2D eigenvalue weighted by Crippen LogP contribution is 2.25. The number of carbonyl (C=O) groups excluding carboxylic acids is 1. The minimum atomic E-state index is -0.129. The van der Waals surface area contributed by atoms with Crippen molar-refractivity contribution in [2.24, 2.45) is 5.92 Å². The van der Waals surface area contributed by atoms with Crippen LogP contribution in [0, 0.1) is 5.92 Å². The van der Waals surface area contributed by atoms with Crippen LogP contribution in [0.25, 0.3) is 0 Å². The zero-order valence-electron chi connectivity index (χ0n) is 10.7. The summed E-state index contributed by atoms with van der Waals surface area (Å²) in [4.78, 5) is 11.6. The fourth-order valence-corrected chi connectivity index (χ4v) is 2.28. The minimum absolute atomic E-state index is 0.129. The lowest BCUT2D eigenvalue weighted by molar-refractivity contribution is -0.135. The molecule has 0 heterocycles. The monoisotopic (exact) mass is 232 g/mol. The predicted molar refractivity (Wildman–Crippen MR) is 68.2 cm³/mol. The van der Waals surface area contributed by atoms with Gasteiger partial charge in [-0.25, -0.2) is 0 Å². The van der Waals surface area contributed by atoms with Gasteiger partial charge in [0.05, 0.1) is 0 Å². The fraction of sp³-hybridized carbons (Fsp3) is 0.533. The predicted octanol–water partition coefficient (Wildman–Crippen LogP) is 3.52. The number of fused-ring (bicyclic) bond motifs is 1. The van der Waals surface area contributed by atoms with Crippen LogP contribution in [0.3, 0.4) is 0 Å². The first-order valence-corrected chi connectivity index (χ1v) is 6.47. The topological polar surface area (TPSA) is 26.3 Å². The standard InChI is InChI=1S/C15H20O2/c1-11(2)9-15(16)17-14-8-7-12-5-3-4-6-13(12)10-14/h7-8,10-11H,3-6,9H2,1-2H3. The molecule has 0 atom stereocenters. The molecule has 0 amide bonds. The van der Waals surface area contributed by atoms with Gasteiger partial charge in [-0.05, 0) is 54.9 Å². The number of rotatable bonds is 3. The largest absolute Gasteiger partial charge is 0.427 e. The Labute approximate surface area is 103 Å². The molecule has 2 nitrogen and oxygen atoms in total. The zero-order valence-corrected chi connectivity index (χ0v) is 10.7. The third-order valence-electron chi connectivity index (χ3n) is 3.13. The van der Waals surface area contributed by atoms with E-state index in [2.05, 4.69) is 6.07 Å². The molecule has 0 fully saturated rings. The summed E-state index contributed by atoms with van der Waals surface area (Å²) >= 11 is 0. The van der Waals surface area contributed by atoms with E-state index in [9.17, 15) is 4.79 Å². The first-order valence-electron chi connectivity index (χ1n) is 6.47. The molecule has 1 aliphatic rings. The fourth-order valence-electron chi connectivity index (χ4n) is 2.28. The summed E-state index contributed by atoms with van der Waals surface area (Å²) in [6.07, 6.45) is 5.29. The van der Waals surface area contributed by atoms with E-state index < -0.39 is 0 Å². The molecule has 0 bridgehead atoms. The van der Waals surface area contributed by atoms with E-state index in [1.807, 2.05) is 26.0 Å². The molecule has 0 aliphatic heterocycles. The summed E-state index contributed by atoms with van der Waals surface area (Å²) < 4.78 is 5.35. The maximum atomic E-state index is 11.6. The Bertz CT molecular complexity index is 407. The molecule has 0 saturated heterocycles. The number of benzene rings is 1. The van der Waals surface area contributed by atoms with E-state index in [1.54, 1.807) is 0 Å². The lowest BCUT2D eigenvalue weighted by Crippen LogP contribution is -2.11. The van der Waals surface area contributed by atoms with Crippen molar-refractivity contribution in [3.63, 3.8) is 0 Å². The van der Waals surface area contributed by atoms with Gasteiger partial charge >= 0.3 is 5.97 Å². The molecule has 92 valence electrons. The quantitative estimate of drug-likeness (QED) is 0.589. The second kappa shape index (κ2) is 5.35. The van der Waals surface area contributed by atoms with Crippen LogP contribution < -0.4 is 4.74 Å². The molecule has 0 saturated carbocycles. The van der Waals surface area contributed by atoms with Crippen LogP contribution >= 0.6 is 0 Å². The van der Waals surface area contributed by atoms with Crippen molar-refractivity contribution in [1.82, 2.24) is 0 Å². The summed E-state index contributed by atoms with van der Waals surface area (Å²) in [7, 11) is 0. The summed E-state index contributed by atoms with van der Waals surface area (Å²) in [6.45, 7) is 4.04. The van der Waals surface area contributed by atoms with Gasteiger partial charge in [0, 0.05) is 6.42 Å². The van der Waals surface area contributed by atoms with Gasteiger partial charge in [-0.1, -0.05) is 19.9 Å². The summed E-state index contributed by atoms with van der Waals surface area (Å²) in [6, 6.07) is 6.06. The number of carbonyl (C=O) groups is 1. The van der Waals surface area contributed by atoms with E-state index in [4.69, 9.17) is 4.74 Å². The first-order chi connectivity index (χ1) is 8.15. The van der Waals surface area contributed by atoms with Gasteiger partial charge in [0.2, 0.25) is 0 Å². The average Bonchev–Trinajstić information content (AvgIpc) is 2.27. The molecule has 2 rings (SSSR count). The van der Waals surface area contributed by atoms with Crippen molar-refractivity contribution in [3.8, 4) is 5.75 Å². The van der Waals surface area contributed by atoms with E-state index in [0.717, 1.165) is 12.8 Å². The van der Waals surface area contributed by atoms with Crippen LogP contribution in [0.1, 0.15) is 44.2 Å². The van der Waals surface area contributed by atoms with Crippen molar-refractivity contribution in [2.75, 3.05) is 0 Å². The van der Waals surface area contributed by atoms with Gasteiger partial charge in [-0.15, -0.1) is 0 Å². The Morgan fingerprint density at radius 3 is 2.65 bits per heavy atom. The number of aryl methyl sites for hydroxylation is 2. The molecular formula is C15H20O2. The van der Waals surface area contributed by atoms with Gasteiger partial charge in [0.25, 0.3) is 0 Å². The second-order valence-corrected chi connectivity index (χ2v) is 5.21. The van der Waals surface area contributed by atoms with E-state index in [0.29, 0.717) is 18.1 Å². The smallest absolute Gasteiger partial charge is 0.311 e. The average molecular weight is 232 g/mol. The Kier molecular flexibility index (Phi) is 3.82. The molecule has 1 aromatic rings. The van der Waals surface area contributed by atoms with Gasteiger partial charge in [0.15, 0.2) is 0 Å². The number of ether oxygens (including phenoxy) is 1. The third kappa shape index (κ3) is 3.32. The molecule has 2 heteroatoms. The van der Waals surface area contributed by atoms with Crippen molar-refractivity contribution < 1.29 is 9.53 Å². The van der Waals surface area contributed by atoms with Crippen molar-refractivity contribution in [2.45, 2.75) is 46.0 Å². The molecule has 1 aliphatic carbocycles. The lowest BCUT2D eigenvalue weighted by Gasteiger charge is -2.16. The Morgan fingerprint density at radius 2 is 1.94 bits per heavy atom. The molecule has 0 spiro atoms. The third-order valence-corrected chi connectivity index (χ3v) is 3.13. The summed E-state index contributed by atoms with van der Waals surface area (Å²) in [5.74, 6) is 0.923. The Morgan fingerprint density at radius 1 is 1.24 bits per heavy atom. The highest BCUT2D eigenvalue weighted by Gasteiger charge is 2.12. The van der Waals surface area contributed by atoms with E-state index in [-0.39, 0.29) is 5.97 Å². The summed E-state index contributed by atoms with van der Waals surface area (Å²) in [5.41, 5.74) is 2.77. The number of esters is 1. The van der Waals surface area contributed by atoms with Crippen LogP contribution in [-0.2, 0) is 17.6 Å². The maximum absolute atomic E-state index is 11.6. The van der Waals surface area contributed by atoms with Crippen molar-refractivity contribution in [1.29, 1.82) is 0 Å². The van der Waals surface area contributed by atoms with Crippen LogP contribution in [0.4, 0.5) is 0 Å². The molecule has 0 unspecified atom stereocenters. The normalized spacial score (nSPS) is 14.5. The minimum Gasteiger partial charge on any atom is -0.427 e. The highest BCUT2D eigenvalue weighted by atomic mass is 16.5. The number of hydrogen-bond donors (Lipinski definition) is 0. The second-order valence-electron chi connectivity index (χ2n) is 5.21. The van der Waals surface area contributed by atoms with Crippen LogP contribution in [-0.4, -0.2) is 5.97 Å². The van der Waals surface area contributed by atoms with Crippen LogP contribution in [0.2, 0.25) is 0 Å². The molecule has 0 N–H and O–H groups in total. The SMILES string of the molecule is CC(C)CC(=O)Oc1ccc2c(c1)CCCC2. The molecule has 1 aromatic carbocycles. The van der Waals surface area contributed by atoms with Gasteiger partial charge < -0.3 is 4.74 Å². The van der Waals surface area contributed by atoms with Crippen molar-refractivity contribution >= 4 is 5.97 Å². The highest BCUT2D eigenvalue weighted by molar-refractivity contribution is 5.72. The van der Waals surface area contributed by atoms with Gasteiger partial charge in [-0.3, -0.25) is 4.79 Å². The van der Waals surface area contributed by atoms with E-state index in [1.165, 1.54) is 24.0 Å². The first kappa shape index (κ1) is 12.2. The lowest BCUT2D eigenvalue weighted by atomic mass is 9.92. The van der Waals surface area contributed by atoms with E-state index >= 15 is 0 Å². The summed E-state index contributed by atoms with van der Waals surface area (Å²) in [5, 5.41) is 0. The number of hydrogen-bond acceptors (Lipinski definition) is 2. The van der Waals surface area contributed by atoms with Crippen molar-refractivity contribution in [3.05, 3.63) is 29.3 Å². The van der Waals surface area contributed by atoms with Crippen LogP contribution in [0.5, 0.6) is 5.75 Å². The van der Waals surface area contributed by atoms with Gasteiger partial charge in [0.1, 0.15) is 5.75 Å². The Hall–Kier alpha value is -1.31. The van der Waals surface area contributed by atoms with Crippen LogP contribution in [0.15, 0.2) is 18.2 Å². The zero-order chi connectivity index (χ0) is 12.3. The van der Waals surface area contributed by atoms with Gasteiger partial charge in [-0.2, -0.15) is 0 Å². The maximum Gasteiger partial charge on any atom is 0.311 e. The molecule has 0 radical (unpaired) electrons.